The van der Waals surface area contributed by atoms with Crippen LogP contribution in [0.3, 0.4) is 0 Å². The highest BCUT2D eigenvalue weighted by atomic mass is 31.1. The van der Waals surface area contributed by atoms with Gasteiger partial charge in [-0.15, -0.1) is 0 Å². The molecule has 0 atom stereocenters. The Morgan fingerprint density at radius 3 is 0.583 bits per heavy atom. The molecule has 0 amide bonds. The largest absolute Gasteiger partial charge is 0.654 e. The molecule has 0 bridgehead atoms. The van der Waals surface area contributed by atoms with Gasteiger partial charge in [0.15, 0.2) is 49.9 Å². The van der Waals surface area contributed by atoms with Crippen LogP contribution in [0.1, 0.15) is 0 Å². The SMILES string of the molecule is C[Si](C)(C)O[Si](O[PH](=O)O[Si](O[Si](C)(C)C)(O[Si](C)(C)C)O[Si](C)(C)C)(O[Si](C)(C)C)O[Si](C)(C)C. The van der Waals surface area contributed by atoms with Gasteiger partial charge in [0.1, 0.15) is 0 Å². The molecule has 0 spiro atoms. The molecule has 0 aliphatic carbocycles. The lowest BCUT2D eigenvalue weighted by molar-refractivity contribution is 0.125. The minimum Gasteiger partial charge on any atom is -0.395 e. The molecule has 0 heterocycles. The van der Waals surface area contributed by atoms with E-state index in [4.69, 9.17) is 33.1 Å². The minimum atomic E-state index is -3.86. The molecule has 218 valence electrons. The number of hydrogen-bond donors (Lipinski definition) is 0. The Hall–Kier alpha value is 1.65. The summed E-state index contributed by atoms with van der Waals surface area (Å²) in [4.78, 5) is 0. The van der Waals surface area contributed by atoms with Gasteiger partial charge in [0.05, 0.1) is 0 Å². The fourth-order valence-electron chi connectivity index (χ4n) is 2.72. The van der Waals surface area contributed by atoms with Gasteiger partial charge >= 0.3 is 26.4 Å². The van der Waals surface area contributed by atoms with Crippen molar-refractivity contribution in [1.82, 2.24) is 0 Å². The van der Waals surface area contributed by atoms with E-state index in [1.54, 1.807) is 0 Å². The Morgan fingerprint density at radius 1 is 0.333 bits per heavy atom. The maximum Gasteiger partial charge on any atom is 0.654 e. The van der Waals surface area contributed by atoms with E-state index in [1.807, 2.05) is 118 Å². The third kappa shape index (κ3) is 18.8. The first-order chi connectivity index (χ1) is 15.3. The average Bonchev–Trinajstić information content (AvgIpc) is 2.31. The molecule has 36 heavy (non-hydrogen) atoms. The van der Waals surface area contributed by atoms with Crippen molar-refractivity contribution in [2.24, 2.45) is 0 Å². The van der Waals surface area contributed by atoms with Crippen LogP contribution in [-0.2, 0) is 37.7 Å². The highest BCUT2D eigenvalue weighted by molar-refractivity contribution is 7.37. The maximum absolute atomic E-state index is 13.8. The quantitative estimate of drug-likeness (QED) is 0.123. The smallest absolute Gasteiger partial charge is 0.395 e. The standard InChI is InChI=1S/C18H55O9PSi8/c1-29(2,3)22-35(23-30(4,5)6,24-31(7,8)9)20-28(19)21-36(25-32(10,11)12,26-33(13,14)15)27-34(16,17)18/h28H,1-18H3. The van der Waals surface area contributed by atoms with E-state index in [2.05, 4.69) is 0 Å². The van der Waals surface area contributed by atoms with Crippen LogP contribution in [0.25, 0.3) is 0 Å². The summed E-state index contributed by atoms with van der Waals surface area (Å²) in [6.07, 6.45) is 0. The molecule has 0 N–H and O–H groups in total. The van der Waals surface area contributed by atoms with Gasteiger partial charge in [-0.3, -0.25) is 13.0 Å². The summed E-state index contributed by atoms with van der Waals surface area (Å²) in [6, 6.07) is 0. The van der Waals surface area contributed by atoms with Crippen LogP contribution in [0.2, 0.25) is 118 Å². The van der Waals surface area contributed by atoms with E-state index >= 15 is 0 Å². The van der Waals surface area contributed by atoms with E-state index in [-0.39, 0.29) is 0 Å². The highest BCUT2D eigenvalue weighted by Crippen LogP contribution is 2.41. The van der Waals surface area contributed by atoms with Crippen molar-refractivity contribution in [3.63, 3.8) is 0 Å². The second-order valence-corrected chi connectivity index (χ2v) is 49.1. The van der Waals surface area contributed by atoms with Gasteiger partial charge in [0, 0.05) is 0 Å². The van der Waals surface area contributed by atoms with Crippen molar-refractivity contribution in [3.05, 3.63) is 0 Å². The third-order valence-electron chi connectivity index (χ3n) is 3.00. The monoisotopic (exact) mass is 670 g/mol. The molecule has 0 unspecified atom stereocenters. The summed E-state index contributed by atoms with van der Waals surface area (Å²) in [7, 11) is -24.4. The lowest BCUT2D eigenvalue weighted by Gasteiger charge is -2.42. The minimum absolute atomic E-state index is 2.04. The van der Waals surface area contributed by atoms with E-state index in [0.29, 0.717) is 0 Å². The van der Waals surface area contributed by atoms with Crippen LogP contribution in [0, 0.1) is 0 Å². The first-order valence-electron chi connectivity index (χ1n) is 12.5. The molecule has 9 nitrogen and oxygen atoms in total. The van der Waals surface area contributed by atoms with Crippen LogP contribution in [0.15, 0.2) is 0 Å². The topological polar surface area (TPSA) is 90.9 Å². The molecule has 0 aliphatic rings. The van der Waals surface area contributed by atoms with Crippen LogP contribution in [0.4, 0.5) is 0 Å². The molecule has 0 rings (SSSR count). The molecule has 18 heteroatoms. The summed E-state index contributed by atoms with van der Waals surface area (Å²) in [5.41, 5.74) is 0. The van der Waals surface area contributed by atoms with Crippen molar-refractivity contribution in [3.8, 4) is 0 Å². The zero-order valence-electron chi connectivity index (χ0n) is 26.2. The van der Waals surface area contributed by atoms with Crippen molar-refractivity contribution >= 4 is 76.3 Å². The van der Waals surface area contributed by atoms with Crippen LogP contribution < -0.4 is 0 Å². The molecule has 0 saturated heterocycles. The number of rotatable bonds is 16. The van der Waals surface area contributed by atoms with Gasteiger partial charge in [-0.05, 0) is 118 Å². The molecule has 0 fully saturated rings. The van der Waals surface area contributed by atoms with Gasteiger partial charge in [-0.2, -0.15) is 0 Å². The van der Waals surface area contributed by atoms with Crippen molar-refractivity contribution < 1.29 is 37.7 Å². The Labute approximate surface area is 231 Å². The van der Waals surface area contributed by atoms with E-state index in [9.17, 15) is 4.57 Å². The lowest BCUT2D eigenvalue weighted by Crippen LogP contribution is -2.63. The van der Waals surface area contributed by atoms with Crippen molar-refractivity contribution in [1.29, 1.82) is 0 Å². The fourth-order valence-corrected chi connectivity index (χ4v) is 29.4. The summed E-state index contributed by atoms with van der Waals surface area (Å²) >= 11 is 0. The zero-order chi connectivity index (χ0) is 29.2. The maximum atomic E-state index is 13.8. The average molecular weight is 671 g/mol. The van der Waals surface area contributed by atoms with Gasteiger partial charge in [-0.25, -0.2) is 0 Å². The summed E-state index contributed by atoms with van der Waals surface area (Å²) in [6.45, 7) is 36.6. The molecular weight excluding hydrogens is 616 g/mol. The highest BCUT2D eigenvalue weighted by Gasteiger charge is 2.59. The predicted octanol–water partition coefficient (Wildman–Crippen LogP) is 7.39. The third-order valence-corrected chi connectivity index (χ3v) is 27.0. The predicted molar refractivity (Wildman–Crippen MR) is 169 cm³/mol. The van der Waals surface area contributed by atoms with Crippen LogP contribution >= 0.6 is 8.25 Å². The van der Waals surface area contributed by atoms with Gasteiger partial charge in [0.2, 0.25) is 0 Å². The molecule has 0 aromatic heterocycles. The van der Waals surface area contributed by atoms with Gasteiger partial charge in [0.25, 0.3) is 0 Å². The second kappa shape index (κ2) is 12.7. The fraction of sp³-hybridized carbons (Fsp3) is 1.00. The van der Waals surface area contributed by atoms with Crippen LogP contribution in [0.5, 0.6) is 0 Å². The Kier molecular flexibility index (Phi) is 13.2. The molecular formula is C18H55O9PSi8. The van der Waals surface area contributed by atoms with Gasteiger partial charge < -0.3 is 24.7 Å². The summed E-state index contributed by atoms with van der Waals surface area (Å²) < 4.78 is 65.3. The molecule has 0 aromatic carbocycles. The second-order valence-electron chi connectivity index (χ2n) is 14.7. The van der Waals surface area contributed by atoms with Crippen LogP contribution in [-0.4, -0.2) is 68.0 Å². The van der Waals surface area contributed by atoms with Crippen molar-refractivity contribution in [2.75, 3.05) is 0 Å². The van der Waals surface area contributed by atoms with E-state index in [0.717, 1.165) is 0 Å². The summed E-state index contributed by atoms with van der Waals surface area (Å²) in [5, 5.41) is 0. The van der Waals surface area contributed by atoms with Gasteiger partial charge in [-0.1, -0.05) is 0 Å². The molecule has 0 aromatic rings. The van der Waals surface area contributed by atoms with E-state index in [1.165, 1.54) is 0 Å². The van der Waals surface area contributed by atoms with Crippen molar-refractivity contribution in [2.45, 2.75) is 118 Å². The Morgan fingerprint density at radius 2 is 0.472 bits per heavy atom. The molecule has 0 radical (unpaired) electrons. The normalized spacial score (nSPS) is 15.6. The Bertz CT molecular complexity index is 590. The zero-order valence-corrected chi connectivity index (χ0v) is 35.2. The first kappa shape index (κ1) is 37.6. The van der Waals surface area contributed by atoms with E-state index < -0.39 is 76.3 Å². The lowest BCUT2D eigenvalue weighted by atomic mass is 11.8. The molecule has 0 aliphatic heterocycles. The molecule has 0 saturated carbocycles. The number of hydrogen-bond acceptors (Lipinski definition) is 9. The summed E-state index contributed by atoms with van der Waals surface area (Å²) in [5.74, 6) is 0. The Balaban J connectivity index is 6.64. The first-order valence-corrected chi connectivity index (χ1v) is 37.4.